The van der Waals surface area contributed by atoms with Crippen LogP contribution >= 0.6 is 0 Å². The van der Waals surface area contributed by atoms with Crippen LogP contribution in [0.3, 0.4) is 0 Å². The zero-order valence-corrected chi connectivity index (χ0v) is 10.9. The fourth-order valence-corrected chi connectivity index (χ4v) is 1.62. The van der Waals surface area contributed by atoms with E-state index in [-0.39, 0.29) is 0 Å². The van der Waals surface area contributed by atoms with Gasteiger partial charge in [-0.1, -0.05) is 68.3 Å². The molecule has 92 valence electrons. The fraction of sp³-hybridized carbons (Fsp3) is 0.375. The highest BCUT2D eigenvalue weighted by Crippen LogP contribution is 2.13. The van der Waals surface area contributed by atoms with Crippen LogP contribution in [0.15, 0.2) is 36.4 Å². The van der Waals surface area contributed by atoms with Gasteiger partial charge in [0.2, 0.25) is 0 Å². The van der Waals surface area contributed by atoms with Gasteiger partial charge in [-0.2, -0.15) is 0 Å². The summed E-state index contributed by atoms with van der Waals surface area (Å²) in [5.74, 6) is 0. The van der Waals surface area contributed by atoms with E-state index in [1.165, 1.54) is 24.0 Å². The van der Waals surface area contributed by atoms with Gasteiger partial charge in [0.25, 0.3) is 0 Å². The van der Waals surface area contributed by atoms with Gasteiger partial charge in [0.05, 0.1) is 6.61 Å². The molecule has 1 aromatic carbocycles. The van der Waals surface area contributed by atoms with Crippen molar-refractivity contribution in [1.29, 1.82) is 0 Å². The molecule has 17 heavy (non-hydrogen) atoms. The highest BCUT2D eigenvalue weighted by Gasteiger charge is 1.93. The van der Waals surface area contributed by atoms with E-state index >= 15 is 0 Å². The van der Waals surface area contributed by atoms with Gasteiger partial charge in [-0.15, -0.1) is 0 Å². The molecule has 0 amide bonds. The third-order valence-corrected chi connectivity index (χ3v) is 2.58. The Morgan fingerprint density at radius 2 is 1.71 bits per heavy atom. The summed E-state index contributed by atoms with van der Waals surface area (Å²) in [6.45, 7) is 2.88. The van der Waals surface area contributed by atoms with Gasteiger partial charge in [0.15, 0.2) is 0 Å². The topological polar surface area (TPSA) is 9.23 Å². The number of methoxy groups -OCH3 is 1. The van der Waals surface area contributed by atoms with Gasteiger partial charge in [0, 0.05) is 7.11 Å². The Labute approximate surface area is 105 Å². The fourth-order valence-electron chi connectivity index (χ4n) is 1.62. The maximum atomic E-state index is 5.01. The minimum Gasteiger partial charge on any atom is -0.381 e. The molecule has 1 heteroatoms. The Hall–Kier alpha value is -1.34. The smallest absolute Gasteiger partial charge is 0.0646 e. The number of ether oxygens (including phenoxy) is 1. The molecule has 0 unspecified atom stereocenters. The lowest BCUT2D eigenvalue weighted by Gasteiger charge is -2.00. The van der Waals surface area contributed by atoms with Gasteiger partial charge in [-0.3, -0.25) is 0 Å². The molecule has 0 saturated heterocycles. The minimum absolute atomic E-state index is 0.661. The molecule has 0 N–H and O–H groups in total. The van der Waals surface area contributed by atoms with Gasteiger partial charge in [-0.25, -0.2) is 0 Å². The Bertz CT molecular complexity index is 364. The molecule has 0 aromatic heterocycles. The van der Waals surface area contributed by atoms with E-state index in [4.69, 9.17) is 4.74 Å². The monoisotopic (exact) mass is 230 g/mol. The summed E-state index contributed by atoms with van der Waals surface area (Å²) in [5.41, 5.74) is 2.52. The molecule has 1 nitrogen and oxygen atoms in total. The van der Waals surface area contributed by atoms with Gasteiger partial charge >= 0.3 is 0 Å². The molecule has 1 aromatic rings. The maximum absolute atomic E-state index is 5.01. The predicted molar refractivity (Wildman–Crippen MR) is 75.9 cm³/mol. The average molecular weight is 230 g/mol. The summed E-state index contributed by atoms with van der Waals surface area (Å²) in [4.78, 5) is 0. The SMILES string of the molecule is CCCC/C=C\c1ccccc1/C=C/COC. The summed E-state index contributed by atoms with van der Waals surface area (Å²) in [6, 6.07) is 8.42. The molecule has 0 atom stereocenters. The van der Waals surface area contributed by atoms with Gasteiger partial charge < -0.3 is 4.74 Å². The Kier molecular flexibility index (Phi) is 7.08. The molecular formula is C16H22O. The van der Waals surface area contributed by atoms with Crippen LogP contribution in [0.1, 0.15) is 37.3 Å². The lowest BCUT2D eigenvalue weighted by atomic mass is 10.1. The van der Waals surface area contributed by atoms with Crippen molar-refractivity contribution in [2.45, 2.75) is 26.2 Å². The molecule has 0 heterocycles. The molecule has 0 fully saturated rings. The maximum Gasteiger partial charge on any atom is 0.0646 e. The predicted octanol–water partition coefficient (Wildman–Crippen LogP) is 4.55. The minimum atomic E-state index is 0.661. The standard InChI is InChI=1S/C16H22O/c1-3-4-5-6-10-15-11-7-8-12-16(15)13-9-14-17-2/h6-13H,3-5,14H2,1-2H3/b10-6-,13-9+. The van der Waals surface area contributed by atoms with Crippen molar-refractivity contribution in [1.82, 2.24) is 0 Å². The van der Waals surface area contributed by atoms with Crippen molar-refractivity contribution >= 4 is 12.2 Å². The van der Waals surface area contributed by atoms with E-state index in [9.17, 15) is 0 Å². The number of rotatable bonds is 7. The zero-order chi connectivity index (χ0) is 12.3. The number of allylic oxidation sites excluding steroid dienone is 1. The highest BCUT2D eigenvalue weighted by atomic mass is 16.5. The first-order chi connectivity index (χ1) is 8.38. The lowest BCUT2D eigenvalue weighted by Crippen LogP contribution is -1.83. The second kappa shape index (κ2) is 8.77. The van der Waals surface area contributed by atoms with E-state index in [0.717, 1.165) is 6.42 Å². The molecule has 0 saturated carbocycles. The molecule has 0 aliphatic heterocycles. The van der Waals surface area contributed by atoms with E-state index in [0.29, 0.717) is 6.61 Å². The van der Waals surface area contributed by atoms with Crippen molar-refractivity contribution < 1.29 is 4.74 Å². The summed E-state index contributed by atoms with van der Waals surface area (Å²) < 4.78 is 5.01. The summed E-state index contributed by atoms with van der Waals surface area (Å²) in [7, 11) is 1.71. The van der Waals surface area contributed by atoms with Crippen LogP contribution in [-0.4, -0.2) is 13.7 Å². The summed E-state index contributed by atoms with van der Waals surface area (Å²) in [6.07, 6.45) is 12.3. The second-order valence-corrected chi connectivity index (χ2v) is 4.03. The van der Waals surface area contributed by atoms with E-state index in [1.807, 2.05) is 6.08 Å². The summed E-state index contributed by atoms with van der Waals surface area (Å²) in [5, 5.41) is 0. The third-order valence-electron chi connectivity index (χ3n) is 2.58. The molecule has 0 aliphatic rings. The Morgan fingerprint density at radius 3 is 2.29 bits per heavy atom. The summed E-state index contributed by atoms with van der Waals surface area (Å²) >= 11 is 0. The highest BCUT2D eigenvalue weighted by molar-refractivity contribution is 5.65. The van der Waals surface area contributed by atoms with Crippen LogP contribution < -0.4 is 0 Å². The molecule has 1 rings (SSSR count). The van der Waals surface area contributed by atoms with Crippen LogP contribution in [0.25, 0.3) is 12.2 Å². The van der Waals surface area contributed by atoms with E-state index in [1.54, 1.807) is 7.11 Å². The van der Waals surface area contributed by atoms with Crippen LogP contribution in [0, 0.1) is 0 Å². The number of hydrogen-bond donors (Lipinski definition) is 0. The second-order valence-electron chi connectivity index (χ2n) is 4.03. The van der Waals surface area contributed by atoms with Crippen molar-refractivity contribution in [3.8, 4) is 0 Å². The van der Waals surface area contributed by atoms with Crippen molar-refractivity contribution in [2.75, 3.05) is 13.7 Å². The first-order valence-electron chi connectivity index (χ1n) is 6.29. The Morgan fingerprint density at radius 1 is 1.06 bits per heavy atom. The Balaban J connectivity index is 2.67. The van der Waals surface area contributed by atoms with Crippen LogP contribution in [0.5, 0.6) is 0 Å². The zero-order valence-electron chi connectivity index (χ0n) is 10.9. The van der Waals surface area contributed by atoms with E-state index in [2.05, 4.69) is 49.4 Å². The van der Waals surface area contributed by atoms with Gasteiger partial charge in [-0.05, 0) is 17.5 Å². The van der Waals surface area contributed by atoms with E-state index < -0.39 is 0 Å². The van der Waals surface area contributed by atoms with Crippen LogP contribution in [0.4, 0.5) is 0 Å². The van der Waals surface area contributed by atoms with Crippen molar-refractivity contribution in [3.63, 3.8) is 0 Å². The molecule has 0 radical (unpaired) electrons. The lowest BCUT2D eigenvalue weighted by molar-refractivity contribution is 0.234. The normalized spacial score (nSPS) is 11.6. The van der Waals surface area contributed by atoms with Crippen molar-refractivity contribution in [2.24, 2.45) is 0 Å². The quantitative estimate of drug-likeness (QED) is 0.624. The molecular weight excluding hydrogens is 208 g/mol. The van der Waals surface area contributed by atoms with Gasteiger partial charge in [0.1, 0.15) is 0 Å². The molecule has 0 bridgehead atoms. The number of hydrogen-bond acceptors (Lipinski definition) is 1. The molecule has 0 aliphatic carbocycles. The molecule has 0 spiro atoms. The number of unbranched alkanes of at least 4 members (excludes halogenated alkanes) is 2. The number of benzene rings is 1. The van der Waals surface area contributed by atoms with Crippen LogP contribution in [-0.2, 0) is 4.74 Å². The van der Waals surface area contributed by atoms with Crippen molar-refractivity contribution in [3.05, 3.63) is 47.5 Å². The largest absolute Gasteiger partial charge is 0.381 e. The average Bonchev–Trinajstić information content (AvgIpc) is 2.36. The first kappa shape index (κ1) is 13.7. The van der Waals surface area contributed by atoms with Crippen LogP contribution in [0.2, 0.25) is 0 Å². The third kappa shape index (κ3) is 5.50. The first-order valence-corrected chi connectivity index (χ1v) is 6.29.